The maximum absolute atomic E-state index is 9.30. The molecule has 3 heteroatoms. The minimum Gasteiger partial charge on any atom is -0.392 e. The van der Waals surface area contributed by atoms with E-state index in [0.717, 1.165) is 22.4 Å². The van der Waals surface area contributed by atoms with Gasteiger partial charge in [-0.3, -0.25) is 4.68 Å². The van der Waals surface area contributed by atoms with E-state index in [-0.39, 0.29) is 6.61 Å². The zero-order valence-corrected chi connectivity index (χ0v) is 10.5. The highest BCUT2D eigenvalue weighted by molar-refractivity contribution is 5.61. The first kappa shape index (κ1) is 11.9. The molecule has 0 aliphatic heterocycles. The van der Waals surface area contributed by atoms with Crippen LogP contribution in [-0.4, -0.2) is 14.9 Å². The summed E-state index contributed by atoms with van der Waals surface area (Å²) in [5.41, 5.74) is 4.28. The van der Waals surface area contributed by atoms with Gasteiger partial charge in [-0.1, -0.05) is 12.1 Å². The molecule has 0 aliphatic rings. The Kier molecular flexibility index (Phi) is 3.29. The third-order valence-electron chi connectivity index (χ3n) is 2.97. The third-order valence-corrected chi connectivity index (χ3v) is 2.97. The predicted octanol–water partition coefficient (Wildman–Crippen LogP) is 2.93. The molecule has 0 amide bonds. The fourth-order valence-corrected chi connectivity index (χ4v) is 1.96. The van der Waals surface area contributed by atoms with E-state index in [1.165, 1.54) is 0 Å². The highest BCUT2D eigenvalue weighted by Crippen LogP contribution is 2.24. The molecule has 0 unspecified atom stereocenters. The van der Waals surface area contributed by atoms with E-state index in [1.54, 1.807) is 0 Å². The van der Waals surface area contributed by atoms with Crippen LogP contribution in [0.2, 0.25) is 0 Å². The Morgan fingerprint density at radius 1 is 1.29 bits per heavy atom. The van der Waals surface area contributed by atoms with E-state index < -0.39 is 0 Å². The largest absolute Gasteiger partial charge is 0.392 e. The molecule has 0 saturated carbocycles. The quantitative estimate of drug-likeness (QED) is 0.880. The molecule has 0 bridgehead atoms. The van der Waals surface area contributed by atoms with Gasteiger partial charge in [0.1, 0.15) is 0 Å². The minimum absolute atomic E-state index is 0.0789. The summed E-state index contributed by atoms with van der Waals surface area (Å²) < 4.78 is 1.99. The molecule has 0 radical (unpaired) electrons. The van der Waals surface area contributed by atoms with Crippen molar-refractivity contribution >= 4 is 0 Å². The first-order valence-corrected chi connectivity index (χ1v) is 5.87. The lowest BCUT2D eigenvalue weighted by Gasteiger charge is -2.12. The maximum Gasteiger partial charge on any atom is 0.0685 e. The van der Waals surface area contributed by atoms with Crippen molar-refractivity contribution in [2.75, 3.05) is 0 Å². The van der Waals surface area contributed by atoms with Crippen LogP contribution in [0.3, 0.4) is 0 Å². The van der Waals surface area contributed by atoms with Gasteiger partial charge in [-0.15, -0.1) is 0 Å². The van der Waals surface area contributed by atoms with Crippen molar-refractivity contribution in [1.29, 1.82) is 0 Å². The van der Waals surface area contributed by atoms with E-state index in [2.05, 4.69) is 25.0 Å². The van der Waals surface area contributed by atoms with Crippen molar-refractivity contribution in [2.45, 2.75) is 33.4 Å². The second-order valence-electron chi connectivity index (χ2n) is 4.55. The van der Waals surface area contributed by atoms with Crippen LogP contribution in [0.15, 0.2) is 30.5 Å². The topological polar surface area (TPSA) is 38.0 Å². The van der Waals surface area contributed by atoms with Crippen molar-refractivity contribution in [3.8, 4) is 11.3 Å². The van der Waals surface area contributed by atoms with Gasteiger partial charge in [-0.25, -0.2) is 0 Å². The number of benzene rings is 1. The van der Waals surface area contributed by atoms with E-state index in [0.29, 0.717) is 6.04 Å². The number of aliphatic hydroxyl groups excluding tert-OH is 1. The monoisotopic (exact) mass is 230 g/mol. The summed E-state index contributed by atoms with van der Waals surface area (Å²) in [4.78, 5) is 0. The van der Waals surface area contributed by atoms with Gasteiger partial charge in [-0.05, 0) is 44.0 Å². The molecule has 0 saturated heterocycles. The molecule has 0 aliphatic carbocycles. The Morgan fingerprint density at radius 3 is 2.71 bits per heavy atom. The molecular formula is C14H18N2O. The summed E-state index contributed by atoms with van der Waals surface area (Å²) in [6.07, 6.45) is 1.81. The number of hydrogen-bond acceptors (Lipinski definition) is 2. The Hall–Kier alpha value is -1.61. The molecular weight excluding hydrogens is 212 g/mol. The molecule has 0 atom stereocenters. The first-order valence-electron chi connectivity index (χ1n) is 5.87. The number of nitrogens with zero attached hydrogens (tertiary/aromatic N) is 2. The highest BCUT2D eigenvalue weighted by atomic mass is 16.3. The van der Waals surface area contributed by atoms with Crippen LogP contribution >= 0.6 is 0 Å². The second kappa shape index (κ2) is 4.72. The molecule has 1 aromatic carbocycles. The van der Waals surface area contributed by atoms with Crippen LogP contribution < -0.4 is 0 Å². The van der Waals surface area contributed by atoms with E-state index >= 15 is 0 Å². The van der Waals surface area contributed by atoms with E-state index in [1.807, 2.05) is 36.0 Å². The first-order chi connectivity index (χ1) is 8.13. The van der Waals surface area contributed by atoms with Crippen LogP contribution in [0.4, 0.5) is 0 Å². The molecule has 0 spiro atoms. The summed E-state index contributed by atoms with van der Waals surface area (Å²) in [6, 6.07) is 8.49. The fourth-order valence-electron chi connectivity index (χ4n) is 1.96. The number of hydrogen-bond donors (Lipinski definition) is 1. The van der Waals surface area contributed by atoms with Gasteiger partial charge >= 0.3 is 0 Å². The van der Waals surface area contributed by atoms with Gasteiger partial charge in [0.05, 0.1) is 12.3 Å². The Balaban J connectivity index is 2.49. The normalized spacial score (nSPS) is 11.1. The van der Waals surface area contributed by atoms with Crippen molar-refractivity contribution in [3.05, 3.63) is 41.6 Å². The van der Waals surface area contributed by atoms with Crippen LogP contribution in [0.25, 0.3) is 11.3 Å². The molecule has 90 valence electrons. The van der Waals surface area contributed by atoms with Gasteiger partial charge in [0.25, 0.3) is 0 Å². The van der Waals surface area contributed by atoms with Crippen molar-refractivity contribution in [1.82, 2.24) is 9.78 Å². The van der Waals surface area contributed by atoms with Crippen molar-refractivity contribution in [3.63, 3.8) is 0 Å². The SMILES string of the molecule is Cc1ccc(-c2ccnn2C(C)C)cc1CO. The summed E-state index contributed by atoms with van der Waals surface area (Å²) in [7, 11) is 0. The molecule has 1 heterocycles. The van der Waals surface area contributed by atoms with E-state index in [9.17, 15) is 5.11 Å². The minimum atomic E-state index is 0.0789. The average Bonchev–Trinajstić information content (AvgIpc) is 2.78. The molecule has 1 aromatic heterocycles. The lowest BCUT2D eigenvalue weighted by Crippen LogP contribution is -2.04. The molecule has 1 N–H and O–H groups in total. The number of aromatic nitrogens is 2. The van der Waals surface area contributed by atoms with Crippen molar-refractivity contribution < 1.29 is 5.11 Å². The van der Waals surface area contributed by atoms with Gasteiger partial charge in [0.15, 0.2) is 0 Å². The summed E-state index contributed by atoms with van der Waals surface area (Å²) in [5, 5.41) is 13.6. The van der Waals surface area contributed by atoms with Crippen LogP contribution in [0.1, 0.15) is 31.0 Å². The molecule has 2 aromatic rings. The summed E-state index contributed by atoms with van der Waals surface area (Å²) >= 11 is 0. The lowest BCUT2D eigenvalue weighted by molar-refractivity contribution is 0.281. The van der Waals surface area contributed by atoms with Crippen LogP contribution in [-0.2, 0) is 6.61 Å². The van der Waals surface area contributed by atoms with Gasteiger partial charge in [0, 0.05) is 17.8 Å². The molecule has 0 fully saturated rings. The zero-order chi connectivity index (χ0) is 12.4. The number of aryl methyl sites for hydroxylation is 1. The number of rotatable bonds is 3. The van der Waals surface area contributed by atoms with Crippen LogP contribution in [0, 0.1) is 6.92 Å². The Morgan fingerprint density at radius 2 is 2.06 bits per heavy atom. The highest BCUT2D eigenvalue weighted by Gasteiger charge is 2.09. The maximum atomic E-state index is 9.30. The fraction of sp³-hybridized carbons (Fsp3) is 0.357. The summed E-state index contributed by atoms with van der Waals surface area (Å²) in [6.45, 7) is 6.31. The van der Waals surface area contributed by atoms with Crippen molar-refractivity contribution in [2.24, 2.45) is 0 Å². The van der Waals surface area contributed by atoms with Gasteiger partial charge < -0.3 is 5.11 Å². The zero-order valence-electron chi connectivity index (χ0n) is 10.5. The number of aliphatic hydroxyl groups is 1. The lowest BCUT2D eigenvalue weighted by atomic mass is 10.0. The molecule has 3 nitrogen and oxygen atoms in total. The van der Waals surface area contributed by atoms with Crippen LogP contribution in [0.5, 0.6) is 0 Å². The molecule has 17 heavy (non-hydrogen) atoms. The predicted molar refractivity (Wildman–Crippen MR) is 68.7 cm³/mol. The third kappa shape index (κ3) is 2.24. The smallest absolute Gasteiger partial charge is 0.0685 e. The van der Waals surface area contributed by atoms with E-state index in [4.69, 9.17) is 0 Å². The Labute approximate surface area is 102 Å². The Bertz CT molecular complexity index is 515. The van der Waals surface area contributed by atoms with Gasteiger partial charge in [0.2, 0.25) is 0 Å². The molecule has 2 rings (SSSR count). The average molecular weight is 230 g/mol. The summed E-state index contributed by atoms with van der Waals surface area (Å²) in [5.74, 6) is 0. The van der Waals surface area contributed by atoms with Gasteiger partial charge in [-0.2, -0.15) is 5.10 Å². The second-order valence-corrected chi connectivity index (χ2v) is 4.55. The standard InChI is InChI=1S/C14H18N2O/c1-10(2)16-14(6-7-15-16)12-5-4-11(3)13(8-12)9-17/h4-8,10,17H,9H2,1-3H3.